The summed E-state index contributed by atoms with van der Waals surface area (Å²) in [7, 11) is 0. The maximum absolute atomic E-state index is 12.6. The van der Waals surface area contributed by atoms with Crippen LogP contribution in [0.15, 0.2) is 24.3 Å². The van der Waals surface area contributed by atoms with Gasteiger partial charge in [-0.15, -0.1) is 0 Å². The highest BCUT2D eigenvalue weighted by Crippen LogP contribution is 2.18. The van der Waals surface area contributed by atoms with Crippen molar-refractivity contribution in [1.29, 1.82) is 0 Å². The molecule has 0 spiro atoms. The third-order valence-corrected chi connectivity index (χ3v) is 4.13. The molecule has 2 rings (SSSR count). The van der Waals surface area contributed by atoms with Gasteiger partial charge >= 0.3 is 0 Å². The predicted molar refractivity (Wildman–Crippen MR) is 82.8 cm³/mol. The van der Waals surface area contributed by atoms with E-state index in [0.717, 1.165) is 43.1 Å². The van der Waals surface area contributed by atoms with Gasteiger partial charge in [-0.25, -0.2) is 0 Å². The van der Waals surface area contributed by atoms with Crippen LogP contribution in [0.3, 0.4) is 0 Å². The highest BCUT2D eigenvalue weighted by atomic mass is 35.5. The predicted octanol–water partition coefficient (Wildman–Crippen LogP) is 3.17. The molecule has 0 saturated carbocycles. The Morgan fingerprint density at radius 1 is 1.20 bits per heavy atom. The summed E-state index contributed by atoms with van der Waals surface area (Å²) >= 11 is 5.90. The minimum atomic E-state index is 0.0519. The summed E-state index contributed by atoms with van der Waals surface area (Å²) in [5.41, 5.74) is 1.14. The second-order valence-corrected chi connectivity index (χ2v) is 5.78. The molecule has 0 aromatic heterocycles. The average molecular weight is 295 g/mol. The van der Waals surface area contributed by atoms with Crippen LogP contribution in [0.5, 0.6) is 0 Å². The Morgan fingerprint density at radius 3 is 2.50 bits per heavy atom. The van der Waals surface area contributed by atoms with Gasteiger partial charge in [0.2, 0.25) is 5.91 Å². The van der Waals surface area contributed by atoms with Crippen LogP contribution in [0.1, 0.15) is 32.3 Å². The average Bonchev–Trinajstić information content (AvgIpc) is 2.45. The van der Waals surface area contributed by atoms with Crippen molar-refractivity contribution < 1.29 is 4.79 Å². The largest absolute Gasteiger partial charge is 0.336 e. The summed E-state index contributed by atoms with van der Waals surface area (Å²) in [6.07, 6.45) is 1.98. The quantitative estimate of drug-likeness (QED) is 0.833. The molecule has 110 valence electrons. The van der Waals surface area contributed by atoms with Crippen molar-refractivity contribution in [2.24, 2.45) is 0 Å². The molecule has 4 heteroatoms. The van der Waals surface area contributed by atoms with Crippen molar-refractivity contribution in [2.75, 3.05) is 19.6 Å². The van der Waals surface area contributed by atoms with Gasteiger partial charge in [0.25, 0.3) is 0 Å². The van der Waals surface area contributed by atoms with Crippen molar-refractivity contribution >= 4 is 17.5 Å². The minimum Gasteiger partial charge on any atom is -0.336 e. The van der Waals surface area contributed by atoms with Crippen molar-refractivity contribution in [3.63, 3.8) is 0 Å². The molecule has 0 N–H and O–H groups in total. The van der Waals surface area contributed by atoms with Crippen molar-refractivity contribution in [3.8, 4) is 0 Å². The SMILES string of the molecule is CCCN1CCN(Cc2ccc(Cl)cc2)C(=O)C1CC. The molecule has 1 amide bonds. The molecular weight excluding hydrogens is 272 g/mol. The fraction of sp³-hybridized carbons (Fsp3) is 0.562. The number of amides is 1. The number of halogens is 1. The molecule has 1 unspecified atom stereocenters. The molecule has 1 atom stereocenters. The first-order chi connectivity index (χ1) is 9.65. The van der Waals surface area contributed by atoms with E-state index in [2.05, 4.69) is 18.7 Å². The first kappa shape index (κ1) is 15.3. The van der Waals surface area contributed by atoms with E-state index in [4.69, 9.17) is 11.6 Å². The van der Waals surface area contributed by atoms with E-state index in [-0.39, 0.29) is 11.9 Å². The van der Waals surface area contributed by atoms with Gasteiger partial charge < -0.3 is 4.90 Å². The summed E-state index contributed by atoms with van der Waals surface area (Å²) in [4.78, 5) is 16.9. The molecule has 0 radical (unpaired) electrons. The fourth-order valence-corrected chi connectivity index (χ4v) is 2.96. The lowest BCUT2D eigenvalue weighted by Crippen LogP contribution is -2.56. The zero-order valence-electron chi connectivity index (χ0n) is 12.3. The number of piperazine rings is 1. The van der Waals surface area contributed by atoms with Crippen LogP contribution in [-0.2, 0) is 11.3 Å². The van der Waals surface area contributed by atoms with E-state index in [9.17, 15) is 4.79 Å². The molecule has 0 bridgehead atoms. The topological polar surface area (TPSA) is 23.6 Å². The maximum Gasteiger partial charge on any atom is 0.240 e. The normalized spacial score (nSPS) is 20.4. The molecule has 1 fully saturated rings. The summed E-state index contributed by atoms with van der Waals surface area (Å²) < 4.78 is 0. The van der Waals surface area contributed by atoms with Crippen LogP contribution >= 0.6 is 11.6 Å². The van der Waals surface area contributed by atoms with Gasteiger partial charge in [0, 0.05) is 24.7 Å². The number of benzene rings is 1. The molecule has 1 aromatic rings. The highest BCUT2D eigenvalue weighted by Gasteiger charge is 2.32. The zero-order chi connectivity index (χ0) is 14.5. The molecule has 3 nitrogen and oxygen atoms in total. The summed E-state index contributed by atoms with van der Waals surface area (Å²) in [5, 5.41) is 0.735. The van der Waals surface area contributed by atoms with Gasteiger partial charge in [0.05, 0.1) is 6.04 Å². The van der Waals surface area contributed by atoms with Crippen molar-refractivity contribution in [2.45, 2.75) is 39.3 Å². The van der Waals surface area contributed by atoms with Gasteiger partial charge in [0.1, 0.15) is 0 Å². The van der Waals surface area contributed by atoms with E-state index >= 15 is 0 Å². The number of nitrogens with zero attached hydrogens (tertiary/aromatic N) is 2. The van der Waals surface area contributed by atoms with Crippen LogP contribution in [-0.4, -0.2) is 41.4 Å². The summed E-state index contributed by atoms with van der Waals surface area (Å²) in [6, 6.07) is 7.80. The smallest absolute Gasteiger partial charge is 0.240 e. The highest BCUT2D eigenvalue weighted by molar-refractivity contribution is 6.30. The molecule has 1 saturated heterocycles. The number of rotatable bonds is 5. The van der Waals surface area contributed by atoms with E-state index in [0.29, 0.717) is 6.54 Å². The van der Waals surface area contributed by atoms with Crippen molar-refractivity contribution in [1.82, 2.24) is 9.80 Å². The molecule has 1 aliphatic heterocycles. The number of carbonyl (C=O) groups is 1. The second-order valence-electron chi connectivity index (χ2n) is 5.35. The van der Waals surface area contributed by atoms with E-state index < -0.39 is 0 Å². The van der Waals surface area contributed by atoms with Crippen LogP contribution in [0.2, 0.25) is 5.02 Å². The Labute approximate surface area is 126 Å². The lowest BCUT2D eigenvalue weighted by molar-refractivity contribution is -0.142. The minimum absolute atomic E-state index is 0.0519. The number of carbonyl (C=O) groups excluding carboxylic acids is 1. The Bertz CT molecular complexity index is 446. The number of hydrogen-bond donors (Lipinski definition) is 0. The first-order valence-electron chi connectivity index (χ1n) is 7.43. The van der Waals surface area contributed by atoms with E-state index in [1.54, 1.807) is 0 Å². The maximum atomic E-state index is 12.6. The lowest BCUT2D eigenvalue weighted by Gasteiger charge is -2.40. The van der Waals surface area contributed by atoms with Gasteiger partial charge in [0.15, 0.2) is 0 Å². The van der Waals surface area contributed by atoms with Gasteiger partial charge in [-0.1, -0.05) is 37.6 Å². The molecule has 1 aromatic carbocycles. The third kappa shape index (κ3) is 3.53. The molecule has 1 heterocycles. The van der Waals surface area contributed by atoms with Gasteiger partial charge in [-0.3, -0.25) is 9.69 Å². The molecule has 1 aliphatic rings. The Balaban J connectivity index is 2.03. The van der Waals surface area contributed by atoms with Crippen LogP contribution in [0.4, 0.5) is 0 Å². The first-order valence-corrected chi connectivity index (χ1v) is 7.80. The van der Waals surface area contributed by atoms with Crippen LogP contribution in [0, 0.1) is 0 Å². The third-order valence-electron chi connectivity index (χ3n) is 3.88. The molecular formula is C16H23ClN2O. The van der Waals surface area contributed by atoms with Gasteiger partial charge in [-0.2, -0.15) is 0 Å². The van der Waals surface area contributed by atoms with Crippen LogP contribution < -0.4 is 0 Å². The summed E-state index contributed by atoms with van der Waals surface area (Å²) in [5.74, 6) is 0.266. The number of hydrogen-bond acceptors (Lipinski definition) is 2. The fourth-order valence-electron chi connectivity index (χ4n) is 2.84. The molecule has 0 aliphatic carbocycles. The van der Waals surface area contributed by atoms with Crippen LogP contribution in [0.25, 0.3) is 0 Å². The second kappa shape index (κ2) is 7.09. The standard InChI is InChI=1S/C16H23ClN2O/c1-3-9-18-10-11-19(16(20)15(18)4-2)12-13-5-7-14(17)8-6-13/h5-8,15H,3-4,9-12H2,1-2H3. The zero-order valence-corrected chi connectivity index (χ0v) is 13.1. The van der Waals surface area contributed by atoms with Gasteiger partial charge in [-0.05, 0) is 37.1 Å². The Hall–Kier alpha value is -1.06. The summed E-state index contributed by atoms with van der Waals surface area (Å²) in [6.45, 7) is 7.75. The Kier molecular flexibility index (Phi) is 5.44. The lowest BCUT2D eigenvalue weighted by atomic mass is 10.1. The van der Waals surface area contributed by atoms with Crippen molar-refractivity contribution in [3.05, 3.63) is 34.9 Å². The van der Waals surface area contributed by atoms with E-state index in [1.165, 1.54) is 0 Å². The van der Waals surface area contributed by atoms with E-state index in [1.807, 2.05) is 29.2 Å². The molecule has 20 heavy (non-hydrogen) atoms. The monoisotopic (exact) mass is 294 g/mol. The Morgan fingerprint density at radius 2 is 1.90 bits per heavy atom.